The molecule has 30 heavy (non-hydrogen) atoms. The largest absolute Gasteiger partial charge is 0.368 e. The molecule has 0 heterocycles. The fraction of sp³-hybridized carbons (Fsp3) is 0.815. The van der Waals surface area contributed by atoms with Gasteiger partial charge in [-0.1, -0.05) is 52.7 Å². The lowest BCUT2D eigenvalue weighted by Crippen LogP contribution is -2.49. The van der Waals surface area contributed by atoms with E-state index < -0.39 is 6.29 Å². The van der Waals surface area contributed by atoms with E-state index in [4.69, 9.17) is 0 Å². The second kappa shape index (κ2) is 8.20. The van der Waals surface area contributed by atoms with Gasteiger partial charge in [-0.25, -0.2) is 0 Å². The van der Waals surface area contributed by atoms with Crippen LogP contribution in [-0.2, 0) is 4.79 Å². The molecular formula is C27H42O3. The van der Waals surface area contributed by atoms with E-state index in [1.807, 2.05) is 13.0 Å². The van der Waals surface area contributed by atoms with Gasteiger partial charge in [-0.15, -0.1) is 0 Å². The average molecular weight is 415 g/mol. The van der Waals surface area contributed by atoms with Gasteiger partial charge in [0.25, 0.3) is 0 Å². The maximum atomic E-state index is 12.0. The maximum Gasteiger partial charge on any atom is 0.156 e. The van der Waals surface area contributed by atoms with Crippen LogP contribution in [0.5, 0.6) is 0 Å². The number of ketones is 1. The monoisotopic (exact) mass is 414 g/mol. The van der Waals surface area contributed by atoms with Gasteiger partial charge in [0, 0.05) is 12.3 Å². The number of hydrogen-bond donors (Lipinski definition) is 2. The summed E-state index contributed by atoms with van der Waals surface area (Å²) < 4.78 is 0. The fourth-order valence-corrected chi connectivity index (χ4v) is 8.08. The van der Waals surface area contributed by atoms with Gasteiger partial charge in [0.2, 0.25) is 0 Å². The Hall–Kier alpha value is -0.930. The molecule has 2 fully saturated rings. The molecule has 3 heteroatoms. The van der Waals surface area contributed by atoms with Gasteiger partial charge < -0.3 is 10.2 Å². The van der Waals surface area contributed by atoms with Gasteiger partial charge in [-0.05, 0) is 90.6 Å². The predicted molar refractivity (Wildman–Crippen MR) is 121 cm³/mol. The van der Waals surface area contributed by atoms with E-state index in [1.54, 1.807) is 0 Å². The molecule has 0 radical (unpaired) electrons. The SMILES string of the molecule is CC(CCC[C@H](C)C(O)O)[C@H]1CCC2C3C=CC4=CC(=O)CC[C@]4(C)C3CC[C@@]21C. The Labute approximate surface area is 183 Å². The number of hydrogen-bond acceptors (Lipinski definition) is 3. The van der Waals surface area contributed by atoms with Crippen LogP contribution >= 0.6 is 0 Å². The van der Waals surface area contributed by atoms with Crippen molar-refractivity contribution in [2.75, 3.05) is 0 Å². The Morgan fingerprint density at radius 3 is 2.57 bits per heavy atom. The first kappa shape index (κ1) is 22.3. The van der Waals surface area contributed by atoms with E-state index in [1.165, 1.54) is 37.7 Å². The van der Waals surface area contributed by atoms with Crippen molar-refractivity contribution in [3.05, 3.63) is 23.8 Å². The Morgan fingerprint density at radius 1 is 1.07 bits per heavy atom. The van der Waals surface area contributed by atoms with Crippen molar-refractivity contribution in [2.45, 2.75) is 91.8 Å². The number of aliphatic hydroxyl groups is 2. The number of carbonyl (C=O) groups excluding carboxylic acids is 1. The molecule has 4 aliphatic carbocycles. The Morgan fingerprint density at radius 2 is 1.83 bits per heavy atom. The summed E-state index contributed by atoms with van der Waals surface area (Å²) in [5, 5.41) is 18.7. The number of aliphatic hydroxyl groups excluding tert-OH is 1. The smallest absolute Gasteiger partial charge is 0.156 e. The third kappa shape index (κ3) is 3.64. The fourth-order valence-electron chi connectivity index (χ4n) is 8.08. The molecule has 0 aromatic rings. The first-order valence-electron chi connectivity index (χ1n) is 12.5. The molecule has 0 saturated heterocycles. The van der Waals surface area contributed by atoms with Gasteiger partial charge in [-0.3, -0.25) is 4.79 Å². The summed E-state index contributed by atoms with van der Waals surface area (Å²) in [5.41, 5.74) is 1.92. The van der Waals surface area contributed by atoms with Crippen LogP contribution in [0.25, 0.3) is 0 Å². The van der Waals surface area contributed by atoms with Crippen LogP contribution < -0.4 is 0 Å². The molecule has 4 aliphatic rings. The number of fused-ring (bicyclic) bond motifs is 5. The van der Waals surface area contributed by atoms with Gasteiger partial charge in [0.05, 0.1) is 0 Å². The summed E-state index contributed by atoms with van der Waals surface area (Å²) >= 11 is 0. The summed E-state index contributed by atoms with van der Waals surface area (Å²) in [7, 11) is 0. The molecule has 4 unspecified atom stereocenters. The highest BCUT2D eigenvalue weighted by Gasteiger charge is 2.58. The summed E-state index contributed by atoms with van der Waals surface area (Å²) in [6, 6.07) is 0. The van der Waals surface area contributed by atoms with E-state index in [0.29, 0.717) is 29.0 Å². The lowest BCUT2D eigenvalue weighted by atomic mass is 9.48. The molecule has 0 spiro atoms. The lowest BCUT2D eigenvalue weighted by Gasteiger charge is -2.56. The Kier molecular flexibility index (Phi) is 6.09. The minimum Gasteiger partial charge on any atom is -0.368 e. The Balaban J connectivity index is 1.47. The molecular weight excluding hydrogens is 372 g/mol. The first-order valence-corrected chi connectivity index (χ1v) is 12.5. The molecule has 0 aliphatic heterocycles. The quantitative estimate of drug-likeness (QED) is 0.551. The van der Waals surface area contributed by atoms with Crippen LogP contribution in [0, 0.1) is 46.3 Å². The molecule has 168 valence electrons. The van der Waals surface area contributed by atoms with E-state index in [-0.39, 0.29) is 11.3 Å². The van der Waals surface area contributed by atoms with Crippen LogP contribution in [0.15, 0.2) is 23.8 Å². The van der Waals surface area contributed by atoms with Crippen LogP contribution in [0.2, 0.25) is 0 Å². The van der Waals surface area contributed by atoms with Crippen LogP contribution in [-0.4, -0.2) is 22.3 Å². The van der Waals surface area contributed by atoms with Crippen LogP contribution in [0.3, 0.4) is 0 Å². The average Bonchev–Trinajstić information content (AvgIpc) is 3.05. The highest BCUT2D eigenvalue weighted by atomic mass is 16.5. The third-order valence-electron chi connectivity index (χ3n) is 10.1. The van der Waals surface area contributed by atoms with Gasteiger partial charge >= 0.3 is 0 Å². The van der Waals surface area contributed by atoms with Crippen LogP contribution in [0.4, 0.5) is 0 Å². The number of rotatable bonds is 6. The molecule has 0 bridgehead atoms. The van der Waals surface area contributed by atoms with E-state index in [0.717, 1.165) is 37.5 Å². The van der Waals surface area contributed by atoms with Crippen molar-refractivity contribution < 1.29 is 15.0 Å². The normalized spacial score (nSPS) is 42.4. The molecule has 4 rings (SSSR count). The zero-order valence-electron chi connectivity index (χ0n) is 19.4. The highest BCUT2D eigenvalue weighted by Crippen LogP contribution is 2.66. The summed E-state index contributed by atoms with van der Waals surface area (Å²) in [4.78, 5) is 12.0. The van der Waals surface area contributed by atoms with Crippen LogP contribution in [0.1, 0.15) is 85.5 Å². The Bertz CT molecular complexity index is 722. The summed E-state index contributed by atoms with van der Waals surface area (Å²) in [5.74, 6) is 3.89. The molecule has 3 nitrogen and oxygen atoms in total. The predicted octanol–water partition coefficient (Wildman–Crippen LogP) is 5.66. The third-order valence-corrected chi connectivity index (χ3v) is 10.1. The van der Waals surface area contributed by atoms with Crippen molar-refractivity contribution in [3.63, 3.8) is 0 Å². The minimum absolute atomic E-state index is 0.0303. The number of allylic oxidation sites excluding steroid dienone is 4. The van der Waals surface area contributed by atoms with Crippen molar-refractivity contribution >= 4 is 5.78 Å². The van der Waals surface area contributed by atoms with Crippen molar-refractivity contribution in [2.24, 2.45) is 46.3 Å². The second-order valence-corrected chi connectivity index (χ2v) is 11.7. The molecule has 2 saturated carbocycles. The highest BCUT2D eigenvalue weighted by molar-refractivity contribution is 5.92. The zero-order chi connectivity index (χ0) is 21.7. The van der Waals surface area contributed by atoms with E-state index >= 15 is 0 Å². The molecule has 8 atom stereocenters. The topological polar surface area (TPSA) is 57.5 Å². The van der Waals surface area contributed by atoms with Crippen molar-refractivity contribution in [1.29, 1.82) is 0 Å². The van der Waals surface area contributed by atoms with Crippen molar-refractivity contribution in [1.82, 2.24) is 0 Å². The summed E-state index contributed by atoms with van der Waals surface area (Å²) in [6.07, 6.45) is 15.8. The standard InChI is InChI=1S/C27H42O3/c1-17(6-5-7-18(2)25(29)30)22-10-11-23-21-9-8-19-16-20(28)12-14-26(19,3)24(21)13-15-27(22,23)4/h8-9,16-18,21-25,29-30H,5-7,10-15H2,1-4H3/t17?,18-,21?,22+,23?,24?,26-,27+/m0/s1. The lowest BCUT2D eigenvalue weighted by molar-refractivity contribution is -0.116. The molecule has 2 N–H and O–H groups in total. The molecule has 0 aromatic heterocycles. The summed E-state index contributed by atoms with van der Waals surface area (Å²) in [6.45, 7) is 9.38. The van der Waals surface area contributed by atoms with Gasteiger partial charge in [0.15, 0.2) is 12.1 Å². The molecule has 0 aromatic carbocycles. The van der Waals surface area contributed by atoms with E-state index in [2.05, 4.69) is 32.9 Å². The first-order chi connectivity index (χ1) is 14.2. The maximum absolute atomic E-state index is 12.0. The van der Waals surface area contributed by atoms with Crippen molar-refractivity contribution in [3.8, 4) is 0 Å². The minimum atomic E-state index is -1.18. The van der Waals surface area contributed by atoms with Gasteiger partial charge in [-0.2, -0.15) is 0 Å². The second-order valence-electron chi connectivity index (χ2n) is 11.7. The van der Waals surface area contributed by atoms with Gasteiger partial charge in [0.1, 0.15) is 0 Å². The zero-order valence-corrected chi connectivity index (χ0v) is 19.4. The van der Waals surface area contributed by atoms with E-state index in [9.17, 15) is 15.0 Å². The molecule has 0 amide bonds. The number of carbonyl (C=O) groups is 1.